The van der Waals surface area contributed by atoms with E-state index in [1.807, 2.05) is 0 Å². The first-order valence-corrected chi connectivity index (χ1v) is 9.54. The SMILES string of the molecule is CC[Si](CC)(CC)OC(C)(C)C=CCBr. The fourth-order valence-electron chi connectivity index (χ4n) is 1.89. The van der Waals surface area contributed by atoms with Crippen LogP contribution in [0.5, 0.6) is 0 Å². The van der Waals surface area contributed by atoms with Crippen LogP contribution in [0.4, 0.5) is 0 Å². The molecule has 0 heterocycles. The molecule has 0 saturated heterocycles. The highest BCUT2D eigenvalue weighted by Gasteiger charge is 2.34. The minimum atomic E-state index is -1.47. The van der Waals surface area contributed by atoms with Gasteiger partial charge in [-0.2, -0.15) is 0 Å². The molecule has 0 unspecified atom stereocenters. The Hall–Kier alpha value is 0.397. The van der Waals surface area contributed by atoms with Gasteiger partial charge >= 0.3 is 0 Å². The molecule has 1 nitrogen and oxygen atoms in total. The maximum atomic E-state index is 6.41. The van der Waals surface area contributed by atoms with Gasteiger partial charge < -0.3 is 4.43 Å². The Balaban J connectivity index is 4.57. The van der Waals surface area contributed by atoms with Crippen molar-refractivity contribution in [1.82, 2.24) is 0 Å². The predicted molar refractivity (Wildman–Crippen MR) is 75.3 cm³/mol. The van der Waals surface area contributed by atoms with Crippen molar-refractivity contribution < 1.29 is 4.43 Å². The molecular weight excluding hydrogens is 268 g/mol. The number of hydrogen-bond acceptors (Lipinski definition) is 1. The first-order chi connectivity index (χ1) is 6.95. The lowest BCUT2D eigenvalue weighted by atomic mass is 10.1. The second-order valence-electron chi connectivity index (χ2n) is 4.51. The first kappa shape index (κ1) is 15.4. The van der Waals surface area contributed by atoms with Crippen molar-refractivity contribution >= 4 is 24.2 Å². The van der Waals surface area contributed by atoms with Gasteiger partial charge in [-0.15, -0.1) is 0 Å². The molecule has 0 spiro atoms. The lowest BCUT2D eigenvalue weighted by molar-refractivity contribution is 0.146. The van der Waals surface area contributed by atoms with E-state index in [2.05, 4.69) is 62.7 Å². The molecule has 15 heavy (non-hydrogen) atoms. The number of allylic oxidation sites excluding steroid dienone is 1. The summed E-state index contributed by atoms with van der Waals surface area (Å²) in [7, 11) is -1.47. The van der Waals surface area contributed by atoms with Crippen molar-refractivity contribution in [3.05, 3.63) is 12.2 Å². The maximum absolute atomic E-state index is 6.41. The van der Waals surface area contributed by atoms with E-state index in [-0.39, 0.29) is 5.60 Å². The van der Waals surface area contributed by atoms with Gasteiger partial charge in [-0.3, -0.25) is 0 Å². The van der Waals surface area contributed by atoms with Crippen LogP contribution in [0.2, 0.25) is 18.1 Å². The van der Waals surface area contributed by atoms with E-state index in [4.69, 9.17) is 4.43 Å². The van der Waals surface area contributed by atoms with Crippen LogP contribution in [0.1, 0.15) is 34.6 Å². The highest BCUT2D eigenvalue weighted by molar-refractivity contribution is 9.09. The molecule has 0 amide bonds. The number of alkyl halides is 1. The van der Waals surface area contributed by atoms with Gasteiger partial charge in [-0.25, -0.2) is 0 Å². The molecule has 0 aliphatic rings. The van der Waals surface area contributed by atoms with Crippen LogP contribution in [0.3, 0.4) is 0 Å². The standard InChI is InChI=1S/C12H25BrOSi/c1-6-15(7-2,8-3)14-12(4,5)10-9-11-13/h9-10H,6-8,11H2,1-5H3. The molecule has 0 aliphatic carbocycles. The molecule has 0 radical (unpaired) electrons. The minimum absolute atomic E-state index is 0.109. The largest absolute Gasteiger partial charge is 0.409 e. The van der Waals surface area contributed by atoms with Crippen molar-refractivity contribution in [1.29, 1.82) is 0 Å². The lowest BCUT2D eigenvalue weighted by Crippen LogP contribution is -2.43. The molecule has 0 aliphatic heterocycles. The van der Waals surface area contributed by atoms with Crippen molar-refractivity contribution in [3.63, 3.8) is 0 Å². The van der Waals surface area contributed by atoms with Crippen LogP contribution >= 0.6 is 15.9 Å². The minimum Gasteiger partial charge on any atom is -0.409 e. The molecule has 0 N–H and O–H groups in total. The summed E-state index contributed by atoms with van der Waals surface area (Å²) in [6.45, 7) is 11.1. The summed E-state index contributed by atoms with van der Waals surface area (Å²) in [6, 6.07) is 3.64. The van der Waals surface area contributed by atoms with Crippen molar-refractivity contribution in [2.45, 2.75) is 58.4 Å². The van der Waals surface area contributed by atoms with Gasteiger partial charge in [-0.1, -0.05) is 48.9 Å². The molecule has 0 aromatic carbocycles. The smallest absolute Gasteiger partial charge is 0.193 e. The second kappa shape index (κ2) is 6.87. The zero-order chi connectivity index (χ0) is 11.9. The number of rotatable bonds is 7. The predicted octanol–water partition coefficient (Wildman–Crippen LogP) is 4.74. The molecule has 90 valence electrons. The quantitative estimate of drug-likeness (QED) is 0.374. The molecule has 0 saturated carbocycles. The van der Waals surface area contributed by atoms with Gasteiger partial charge in [-0.05, 0) is 32.0 Å². The van der Waals surface area contributed by atoms with E-state index in [0.717, 1.165) is 5.33 Å². The molecule has 0 atom stereocenters. The monoisotopic (exact) mass is 292 g/mol. The van der Waals surface area contributed by atoms with Crippen LogP contribution in [0, 0.1) is 0 Å². The third-order valence-electron chi connectivity index (χ3n) is 3.02. The Kier molecular flexibility index (Phi) is 7.05. The van der Waals surface area contributed by atoms with E-state index < -0.39 is 8.32 Å². The van der Waals surface area contributed by atoms with Gasteiger partial charge in [0.1, 0.15) is 0 Å². The van der Waals surface area contributed by atoms with E-state index in [1.165, 1.54) is 18.1 Å². The highest BCUT2D eigenvalue weighted by atomic mass is 79.9. The van der Waals surface area contributed by atoms with Crippen LogP contribution < -0.4 is 0 Å². The van der Waals surface area contributed by atoms with Crippen molar-refractivity contribution in [3.8, 4) is 0 Å². The topological polar surface area (TPSA) is 9.23 Å². The van der Waals surface area contributed by atoms with E-state index >= 15 is 0 Å². The normalized spacial score (nSPS) is 13.7. The maximum Gasteiger partial charge on any atom is 0.193 e. The number of halogens is 1. The molecule has 0 fully saturated rings. The Labute approximate surface area is 105 Å². The van der Waals surface area contributed by atoms with Gasteiger partial charge in [0.15, 0.2) is 8.32 Å². The van der Waals surface area contributed by atoms with E-state index in [1.54, 1.807) is 0 Å². The molecule has 0 bridgehead atoms. The molecule has 0 rings (SSSR count). The molecular formula is C12H25BrOSi. The van der Waals surface area contributed by atoms with Gasteiger partial charge in [0.25, 0.3) is 0 Å². The second-order valence-corrected chi connectivity index (χ2v) is 9.84. The van der Waals surface area contributed by atoms with Gasteiger partial charge in [0.05, 0.1) is 5.60 Å². The Morgan fingerprint density at radius 3 is 1.93 bits per heavy atom. The van der Waals surface area contributed by atoms with Gasteiger partial charge in [0, 0.05) is 5.33 Å². The summed E-state index contributed by atoms with van der Waals surface area (Å²) in [6.07, 6.45) is 4.30. The number of hydrogen-bond donors (Lipinski definition) is 0. The zero-order valence-corrected chi connectivity index (χ0v) is 13.4. The van der Waals surface area contributed by atoms with Crippen molar-refractivity contribution in [2.24, 2.45) is 0 Å². The molecule has 0 aromatic rings. The van der Waals surface area contributed by atoms with Crippen LogP contribution in [-0.4, -0.2) is 19.2 Å². The third-order valence-corrected chi connectivity index (χ3v) is 8.22. The summed E-state index contributed by atoms with van der Waals surface area (Å²) >= 11 is 3.40. The highest BCUT2D eigenvalue weighted by Crippen LogP contribution is 2.28. The summed E-state index contributed by atoms with van der Waals surface area (Å²) in [4.78, 5) is 0. The van der Waals surface area contributed by atoms with Crippen LogP contribution in [0.15, 0.2) is 12.2 Å². The summed E-state index contributed by atoms with van der Waals surface area (Å²) in [5.41, 5.74) is -0.109. The Morgan fingerprint density at radius 2 is 1.60 bits per heavy atom. The van der Waals surface area contributed by atoms with Crippen LogP contribution in [0.25, 0.3) is 0 Å². The fraction of sp³-hybridized carbons (Fsp3) is 0.833. The average Bonchev–Trinajstić information content (AvgIpc) is 2.23. The van der Waals surface area contributed by atoms with E-state index in [9.17, 15) is 0 Å². The third kappa shape index (κ3) is 5.32. The Bertz CT molecular complexity index is 190. The van der Waals surface area contributed by atoms with E-state index in [0.29, 0.717) is 0 Å². The summed E-state index contributed by atoms with van der Waals surface area (Å²) in [5, 5.41) is 0.902. The molecule has 0 aromatic heterocycles. The van der Waals surface area contributed by atoms with Gasteiger partial charge in [0.2, 0.25) is 0 Å². The fourth-order valence-corrected chi connectivity index (χ4v) is 5.19. The first-order valence-electron chi connectivity index (χ1n) is 5.89. The van der Waals surface area contributed by atoms with Crippen LogP contribution in [-0.2, 0) is 4.43 Å². The lowest BCUT2D eigenvalue weighted by Gasteiger charge is -2.36. The summed E-state index contributed by atoms with van der Waals surface area (Å²) in [5.74, 6) is 0. The van der Waals surface area contributed by atoms with Crippen molar-refractivity contribution in [2.75, 3.05) is 5.33 Å². The molecule has 3 heteroatoms. The average molecular weight is 293 g/mol. The zero-order valence-electron chi connectivity index (χ0n) is 10.8. The Morgan fingerprint density at radius 1 is 1.13 bits per heavy atom. The summed E-state index contributed by atoms with van der Waals surface area (Å²) < 4.78 is 6.41.